The molecule has 2 nitrogen and oxygen atoms in total. The largest absolute Gasteiger partial charge is 0.252 e. The first-order chi connectivity index (χ1) is 14.4. The predicted octanol–water partition coefficient (Wildman–Crippen LogP) is 5.06. The van der Waals surface area contributed by atoms with E-state index >= 15 is 0 Å². The van der Waals surface area contributed by atoms with Gasteiger partial charge in [-0.1, -0.05) is 103 Å². The molecule has 29 heavy (non-hydrogen) atoms. The number of hydrogen-bond acceptors (Lipinski definition) is 2. The van der Waals surface area contributed by atoms with Gasteiger partial charge in [-0.05, 0) is 24.6 Å². The van der Waals surface area contributed by atoms with Crippen LogP contribution in [-0.2, 0) is 0 Å². The van der Waals surface area contributed by atoms with Gasteiger partial charge in [0.1, 0.15) is 0 Å². The molecular weight excluding hydrogens is 371 g/mol. The first-order valence-corrected chi connectivity index (χ1v) is 11.0. The fraction of sp³-hybridized carbons (Fsp3) is 0. The number of nitrogens with zero attached hydrogens (tertiary/aromatic N) is 2. The molecule has 138 valence electrons. The first kappa shape index (κ1) is 17.7. The van der Waals surface area contributed by atoms with Crippen molar-refractivity contribution in [3.05, 3.63) is 115 Å². The lowest BCUT2D eigenvalue weighted by Gasteiger charge is -2.20. The number of benzene rings is 4. The van der Waals surface area contributed by atoms with Crippen LogP contribution in [0.4, 0.5) is 0 Å². The molecule has 1 heterocycles. The van der Waals surface area contributed by atoms with Crippen LogP contribution in [0, 0.1) is 0 Å². The Morgan fingerprint density at radius 3 is 1.76 bits per heavy atom. The lowest BCUT2D eigenvalue weighted by atomic mass is 10.1. The zero-order valence-corrected chi connectivity index (χ0v) is 16.7. The lowest BCUT2D eigenvalue weighted by molar-refractivity contribution is 1.30. The van der Waals surface area contributed by atoms with Gasteiger partial charge in [0.15, 0.2) is 0 Å². The highest BCUT2D eigenvalue weighted by Crippen LogP contribution is 2.35. The molecule has 0 unspecified atom stereocenters. The second-order valence-electron chi connectivity index (χ2n) is 6.77. The maximum absolute atomic E-state index is 5.07. The fourth-order valence-corrected chi connectivity index (χ4v) is 5.93. The average molecular weight is 390 g/mol. The van der Waals surface area contributed by atoms with E-state index in [1.165, 1.54) is 15.9 Å². The molecule has 5 rings (SSSR count). The summed E-state index contributed by atoms with van der Waals surface area (Å²) in [5, 5.41) is 3.86. The number of rotatable bonds is 4. The molecule has 0 saturated heterocycles. The van der Waals surface area contributed by atoms with Gasteiger partial charge in [0.25, 0.3) is 0 Å². The number of para-hydroxylation sites is 1. The zero-order valence-electron chi connectivity index (χ0n) is 15.8. The monoisotopic (exact) mass is 390 g/mol. The zero-order chi connectivity index (χ0) is 19.5. The van der Waals surface area contributed by atoms with Crippen molar-refractivity contribution in [2.75, 3.05) is 0 Å². The molecular formula is C26H19N2P. The summed E-state index contributed by atoms with van der Waals surface area (Å²) in [5.74, 6) is 0. The van der Waals surface area contributed by atoms with Crippen molar-refractivity contribution in [2.24, 2.45) is 0 Å². The highest BCUT2D eigenvalue weighted by atomic mass is 31.1. The van der Waals surface area contributed by atoms with Gasteiger partial charge in [0, 0.05) is 10.9 Å². The van der Waals surface area contributed by atoms with Crippen LogP contribution in [0.25, 0.3) is 22.3 Å². The summed E-state index contributed by atoms with van der Waals surface area (Å²) >= 11 is 0. The Kier molecular flexibility index (Phi) is 4.86. The van der Waals surface area contributed by atoms with Crippen molar-refractivity contribution in [1.82, 2.24) is 9.97 Å². The maximum Gasteiger partial charge on any atom is 0.0977 e. The van der Waals surface area contributed by atoms with Crippen molar-refractivity contribution >= 4 is 34.9 Å². The van der Waals surface area contributed by atoms with Gasteiger partial charge < -0.3 is 0 Å². The van der Waals surface area contributed by atoms with Gasteiger partial charge in [-0.2, -0.15) is 0 Å². The van der Waals surface area contributed by atoms with E-state index in [0.717, 1.165) is 22.3 Å². The van der Waals surface area contributed by atoms with Crippen LogP contribution in [0.3, 0.4) is 0 Å². The summed E-state index contributed by atoms with van der Waals surface area (Å²) in [6.07, 6.45) is 1.87. The van der Waals surface area contributed by atoms with Gasteiger partial charge in [-0.3, -0.25) is 4.98 Å². The highest BCUT2D eigenvalue weighted by molar-refractivity contribution is 7.80. The predicted molar refractivity (Wildman–Crippen MR) is 124 cm³/mol. The minimum atomic E-state index is -0.730. The SMILES string of the molecule is c1ccc(-c2cnc3cccc(P(c4ccccc4)c4ccccc4)c3n2)cc1. The van der Waals surface area contributed by atoms with Crippen LogP contribution in [0.5, 0.6) is 0 Å². The summed E-state index contributed by atoms with van der Waals surface area (Å²) < 4.78 is 0. The molecule has 0 fully saturated rings. The van der Waals surface area contributed by atoms with Crippen LogP contribution in [0.15, 0.2) is 115 Å². The smallest absolute Gasteiger partial charge is 0.0977 e. The Morgan fingerprint density at radius 1 is 0.552 bits per heavy atom. The van der Waals surface area contributed by atoms with E-state index in [1.54, 1.807) is 0 Å². The molecule has 0 saturated carbocycles. The van der Waals surface area contributed by atoms with E-state index in [4.69, 9.17) is 9.97 Å². The van der Waals surface area contributed by atoms with Gasteiger partial charge in [0.05, 0.1) is 22.9 Å². The van der Waals surface area contributed by atoms with Crippen LogP contribution >= 0.6 is 7.92 Å². The second-order valence-corrected chi connectivity index (χ2v) is 8.96. The minimum absolute atomic E-state index is 0.730. The summed E-state index contributed by atoms with van der Waals surface area (Å²) in [7, 11) is -0.730. The summed E-state index contributed by atoms with van der Waals surface area (Å²) in [4.78, 5) is 9.81. The number of fused-ring (bicyclic) bond motifs is 1. The van der Waals surface area contributed by atoms with Gasteiger partial charge >= 0.3 is 0 Å². The van der Waals surface area contributed by atoms with Crippen molar-refractivity contribution in [3.63, 3.8) is 0 Å². The number of hydrogen-bond donors (Lipinski definition) is 0. The Labute approximate surface area is 171 Å². The Morgan fingerprint density at radius 2 is 1.14 bits per heavy atom. The molecule has 0 bridgehead atoms. The highest BCUT2D eigenvalue weighted by Gasteiger charge is 2.20. The summed E-state index contributed by atoms with van der Waals surface area (Å²) in [6.45, 7) is 0. The molecule has 3 heteroatoms. The minimum Gasteiger partial charge on any atom is -0.252 e. The third-order valence-corrected chi connectivity index (χ3v) is 7.36. The Hall–Kier alpha value is -3.35. The lowest BCUT2D eigenvalue weighted by Crippen LogP contribution is -2.21. The van der Waals surface area contributed by atoms with Crippen LogP contribution in [0.2, 0.25) is 0 Å². The molecule has 5 aromatic rings. The van der Waals surface area contributed by atoms with E-state index in [-0.39, 0.29) is 0 Å². The van der Waals surface area contributed by atoms with E-state index in [2.05, 4.69) is 84.9 Å². The van der Waals surface area contributed by atoms with Crippen molar-refractivity contribution in [3.8, 4) is 11.3 Å². The average Bonchev–Trinajstić information content (AvgIpc) is 2.81. The summed E-state index contributed by atoms with van der Waals surface area (Å²) in [6, 6.07) is 38.0. The van der Waals surface area contributed by atoms with E-state index in [1.807, 2.05) is 30.5 Å². The quantitative estimate of drug-likeness (QED) is 0.401. The topological polar surface area (TPSA) is 25.8 Å². The molecule has 0 amide bonds. The molecule has 0 aliphatic rings. The number of aromatic nitrogens is 2. The van der Waals surface area contributed by atoms with Gasteiger partial charge in [-0.25, -0.2) is 4.98 Å². The van der Waals surface area contributed by atoms with Crippen LogP contribution in [-0.4, -0.2) is 9.97 Å². The molecule has 0 radical (unpaired) electrons. The maximum atomic E-state index is 5.07. The standard InChI is InChI=1S/C26H19N2P/c1-4-11-20(12-5-1)24-19-27-23-17-10-18-25(26(23)28-24)29(21-13-6-2-7-14-21)22-15-8-3-9-16-22/h1-19H. The third kappa shape index (κ3) is 3.55. The molecule has 1 aromatic heterocycles. The van der Waals surface area contributed by atoms with Gasteiger partial charge in [0.2, 0.25) is 0 Å². The molecule has 0 aliphatic heterocycles. The van der Waals surface area contributed by atoms with Crippen molar-refractivity contribution < 1.29 is 0 Å². The first-order valence-electron chi connectivity index (χ1n) is 9.61. The van der Waals surface area contributed by atoms with Crippen molar-refractivity contribution in [1.29, 1.82) is 0 Å². The third-order valence-electron chi connectivity index (χ3n) is 4.89. The Bertz CT molecular complexity index is 1200. The van der Waals surface area contributed by atoms with Crippen LogP contribution in [0.1, 0.15) is 0 Å². The molecule has 0 N–H and O–H groups in total. The normalized spacial score (nSPS) is 11.1. The van der Waals surface area contributed by atoms with E-state index in [9.17, 15) is 0 Å². The van der Waals surface area contributed by atoms with E-state index in [0.29, 0.717) is 0 Å². The second kappa shape index (κ2) is 7.95. The van der Waals surface area contributed by atoms with Crippen molar-refractivity contribution in [2.45, 2.75) is 0 Å². The fourth-order valence-electron chi connectivity index (χ4n) is 3.53. The molecule has 0 atom stereocenters. The Balaban J connectivity index is 1.75. The van der Waals surface area contributed by atoms with Crippen LogP contribution < -0.4 is 15.9 Å². The summed E-state index contributed by atoms with van der Waals surface area (Å²) in [5.41, 5.74) is 3.90. The van der Waals surface area contributed by atoms with Gasteiger partial charge in [-0.15, -0.1) is 0 Å². The molecule has 0 spiro atoms. The molecule has 4 aromatic carbocycles. The molecule has 0 aliphatic carbocycles. The van der Waals surface area contributed by atoms with E-state index < -0.39 is 7.92 Å².